The lowest BCUT2D eigenvalue weighted by Gasteiger charge is -2.15. The van der Waals surface area contributed by atoms with Gasteiger partial charge in [-0.2, -0.15) is 11.8 Å². The van der Waals surface area contributed by atoms with Crippen LogP contribution in [0.5, 0.6) is 0 Å². The molecule has 0 aliphatic carbocycles. The van der Waals surface area contributed by atoms with Gasteiger partial charge in [0, 0.05) is 10.5 Å². The summed E-state index contributed by atoms with van der Waals surface area (Å²) in [6.45, 7) is 8.77. The molecule has 0 atom stereocenters. The van der Waals surface area contributed by atoms with E-state index in [2.05, 4.69) is 39.8 Å². The van der Waals surface area contributed by atoms with Gasteiger partial charge in [-0.05, 0) is 6.92 Å². The topological polar surface area (TPSA) is 0 Å². The second-order valence-electron chi connectivity index (χ2n) is 2.99. The Bertz CT molecular complexity index is 87.2. The summed E-state index contributed by atoms with van der Waals surface area (Å²) in [7, 11) is 0. The average molecular weight is 144 g/mol. The van der Waals surface area contributed by atoms with Crippen molar-refractivity contribution in [3.63, 3.8) is 0 Å². The van der Waals surface area contributed by atoms with Crippen molar-refractivity contribution in [2.24, 2.45) is 0 Å². The van der Waals surface area contributed by atoms with E-state index in [1.54, 1.807) is 0 Å². The van der Waals surface area contributed by atoms with Crippen molar-refractivity contribution in [1.29, 1.82) is 0 Å². The monoisotopic (exact) mass is 144 g/mol. The highest BCUT2D eigenvalue weighted by molar-refractivity contribution is 8.00. The first-order valence-corrected chi connectivity index (χ1v) is 4.30. The minimum Gasteiger partial charge on any atom is -0.152 e. The van der Waals surface area contributed by atoms with Crippen LogP contribution >= 0.6 is 11.8 Å². The van der Waals surface area contributed by atoms with Crippen LogP contribution in [0.2, 0.25) is 0 Å². The molecule has 1 heteroatoms. The molecule has 0 aliphatic heterocycles. The van der Waals surface area contributed by atoms with Gasteiger partial charge in [-0.1, -0.05) is 32.9 Å². The molecule has 0 saturated carbocycles. The van der Waals surface area contributed by atoms with Crippen LogP contribution in [-0.2, 0) is 0 Å². The fourth-order valence-corrected chi connectivity index (χ4v) is 1.18. The summed E-state index contributed by atoms with van der Waals surface area (Å²) < 4.78 is 0.416. The number of allylic oxidation sites excluding steroid dienone is 1. The number of hydrogen-bond acceptors (Lipinski definition) is 1. The average Bonchev–Trinajstić information content (AvgIpc) is 1.63. The van der Waals surface area contributed by atoms with E-state index >= 15 is 0 Å². The zero-order valence-corrected chi connectivity index (χ0v) is 7.59. The summed E-state index contributed by atoms with van der Waals surface area (Å²) in [5.74, 6) is 1.14. The molecule has 0 aromatic rings. The third-order valence-electron chi connectivity index (χ3n) is 0.848. The van der Waals surface area contributed by atoms with Gasteiger partial charge >= 0.3 is 0 Å². The van der Waals surface area contributed by atoms with E-state index in [4.69, 9.17) is 0 Å². The minimum atomic E-state index is 0.416. The molecule has 0 saturated heterocycles. The lowest BCUT2D eigenvalue weighted by atomic mass is 10.3. The molecular weight excluding hydrogens is 128 g/mol. The molecule has 0 fully saturated rings. The molecule has 0 heterocycles. The Labute approximate surface area is 62.7 Å². The van der Waals surface area contributed by atoms with Crippen molar-refractivity contribution in [2.75, 3.05) is 5.75 Å². The van der Waals surface area contributed by atoms with Gasteiger partial charge in [-0.15, -0.1) is 0 Å². The second kappa shape index (κ2) is 3.99. The lowest BCUT2D eigenvalue weighted by Crippen LogP contribution is -2.07. The summed E-state index contributed by atoms with van der Waals surface area (Å²) in [4.78, 5) is 0. The zero-order chi connectivity index (χ0) is 7.33. The number of hydrogen-bond donors (Lipinski definition) is 0. The van der Waals surface area contributed by atoms with Crippen LogP contribution in [0.1, 0.15) is 27.7 Å². The fraction of sp³-hybridized carbons (Fsp3) is 0.750. The van der Waals surface area contributed by atoms with E-state index in [1.807, 2.05) is 11.8 Å². The normalized spacial score (nSPS) is 12.9. The van der Waals surface area contributed by atoms with Crippen LogP contribution in [0.25, 0.3) is 0 Å². The van der Waals surface area contributed by atoms with E-state index < -0.39 is 0 Å². The molecule has 0 unspecified atom stereocenters. The van der Waals surface area contributed by atoms with Crippen LogP contribution in [0.15, 0.2) is 12.2 Å². The van der Waals surface area contributed by atoms with E-state index in [-0.39, 0.29) is 0 Å². The molecule has 0 amide bonds. The highest BCUT2D eigenvalue weighted by Crippen LogP contribution is 2.22. The van der Waals surface area contributed by atoms with E-state index in [0.717, 1.165) is 5.75 Å². The highest BCUT2D eigenvalue weighted by atomic mass is 32.2. The standard InChI is InChI=1S/C8H16S/c1-5-6-7-9-8(2,3)4/h5-6H,7H2,1-4H3. The van der Waals surface area contributed by atoms with Crippen LogP contribution in [-0.4, -0.2) is 10.5 Å². The summed E-state index contributed by atoms with van der Waals surface area (Å²) >= 11 is 1.97. The molecule has 0 aliphatic rings. The largest absolute Gasteiger partial charge is 0.152 e. The van der Waals surface area contributed by atoms with Gasteiger partial charge in [-0.25, -0.2) is 0 Å². The number of thioether (sulfide) groups is 1. The predicted octanol–water partition coefficient (Wildman–Crippen LogP) is 3.09. The van der Waals surface area contributed by atoms with Crippen molar-refractivity contribution in [2.45, 2.75) is 32.4 Å². The van der Waals surface area contributed by atoms with E-state index in [0.29, 0.717) is 4.75 Å². The van der Waals surface area contributed by atoms with Gasteiger partial charge < -0.3 is 0 Å². The summed E-state index contributed by atoms with van der Waals surface area (Å²) in [5, 5.41) is 0. The first-order chi connectivity index (χ1) is 4.06. The van der Waals surface area contributed by atoms with Crippen LogP contribution in [0, 0.1) is 0 Å². The molecule has 0 rings (SSSR count). The van der Waals surface area contributed by atoms with Crippen LogP contribution in [0.4, 0.5) is 0 Å². The first kappa shape index (κ1) is 9.09. The predicted molar refractivity (Wildman–Crippen MR) is 47.0 cm³/mol. The number of rotatable bonds is 2. The zero-order valence-electron chi connectivity index (χ0n) is 6.77. The molecule has 0 N–H and O–H groups in total. The van der Waals surface area contributed by atoms with E-state index in [1.165, 1.54) is 0 Å². The van der Waals surface area contributed by atoms with Gasteiger partial charge in [0.15, 0.2) is 0 Å². The maximum absolute atomic E-state index is 2.24. The van der Waals surface area contributed by atoms with Crippen molar-refractivity contribution < 1.29 is 0 Å². The molecule has 0 aromatic heterocycles. The fourth-order valence-electron chi connectivity index (χ4n) is 0.394. The molecule has 54 valence electrons. The maximum atomic E-state index is 2.24. The Morgan fingerprint density at radius 2 is 1.89 bits per heavy atom. The third kappa shape index (κ3) is 8.09. The quantitative estimate of drug-likeness (QED) is 0.537. The van der Waals surface area contributed by atoms with Crippen molar-refractivity contribution >= 4 is 11.8 Å². The third-order valence-corrected chi connectivity index (χ3v) is 2.07. The Kier molecular flexibility index (Phi) is 4.03. The summed E-state index contributed by atoms with van der Waals surface area (Å²) in [6.07, 6.45) is 4.29. The Hall–Kier alpha value is 0.0900. The highest BCUT2D eigenvalue weighted by Gasteiger charge is 2.07. The van der Waals surface area contributed by atoms with Gasteiger partial charge in [0.1, 0.15) is 0 Å². The van der Waals surface area contributed by atoms with Gasteiger partial charge in [0.05, 0.1) is 0 Å². The van der Waals surface area contributed by atoms with Gasteiger partial charge in [-0.3, -0.25) is 0 Å². The van der Waals surface area contributed by atoms with Gasteiger partial charge in [0.25, 0.3) is 0 Å². The Morgan fingerprint density at radius 1 is 1.33 bits per heavy atom. The smallest absolute Gasteiger partial charge is 0.0118 e. The van der Waals surface area contributed by atoms with Crippen LogP contribution in [0.3, 0.4) is 0 Å². The molecule has 0 aromatic carbocycles. The maximum Gasteiger partial charge on any atom is 0.0118 e. The van der Waals surface area contributed by atoms with Crippen molar-refractivity contribution in [3.8, 4) is 0 Å². The molecule has 0 radical (unpaired) electrons. The summed E-state index contributed by atoms with van der Waals surface area (Å²) in [5.41, 5.74) is 0. The minimum absolute atomic E-state index is 0.416. The lowest BCUT2D eigenvalue weighted by molar-refractivity contribution is 0.804. The molecule has 0 bridgehead atoms. The van der Waals surface area contributed by atoms with Crippen LogP contribution < -0.4 is 0 Å². The molecule has 0 nitrogen and oxygen atoms in total. The van der Waals surface area contributed by atoms with E-state index in [9.17, 15) is 0 Å². The second-order valence-corrected chi connectivity index (χ2v) is 4.84. The summed E-state index contributed by atoms with van der Waals surface area (Å²) in [6, 6.07) is 0. The SMILES string of the molecule is CC=CCSC(C)(C)C. The van der Waals surface area contributed by atoms with Gasteiger partial charge in [0.2, 0.25) is 0 Å². The first-order valence-electron chi connectivity index (χ1n) is 3.31. The molecule has 0 spiro atoms. The molecule has 9 heavy (non-hydrogen) atoms. The molecular formula is C8H16S. The van der Waals surface area contributed by atoms with Crippen molar-refractivity contribution in [1.82, 2.24) is 0 Å². The Balaban J connectivity index is 3.28. The van der Waals surface area contributed by atoms with Crippen molar-refractivity contribution in [3.05, 3.63) is 12.2 Å². The Morgan fingerprint density at radius 3 is 2.22 bits per heavy atom.